The molecule has 3 nitrogen and oxygen atoms in total. The van der Waals surface area contributed by atoms with Crippen molar-refractivity contribution in [3.05, 3.63) is 70.7 Å². The zero-order chi connectivity index (χ0) is 14.7. The number of carbonyl (C=O) groups excluding carboxylic acids is 1. The Morgan fingerprint density at radius 3 is 2.62 bits per heavy atom. The molecule has 1 amide bonds. The lowest BCUT2D eigenvalue weighted by molar-refractivity contribution is -0.122. The van der Waals surface area contributed by atoms with Gasteiger partial charge in [-0.25, -0.2) is 5.43 Å². The maximum absolute atomic E-state index is 12.0. The highest BCUT2D eigenvalue weighted by atomic mass is 35.5. The SMILES string of the molecule is O=C(NN=Cc1ccccc1Cl)[C@H]1C[C@@H]1c1ccccc1. The van der Waals surface area contributed by atoms with Crippen LogP contribution in [0.3, 0.4) is 0 Å². The second kappa shape index (κ2) is 6.10. The molecule has 1 aliphatic carbocycles. The smallest absolute Gasteiger partial charge is 0.243 e. The lowest BCUT2D eigenvalue weighted by Crippen LogP contribution is -2.20. The zero-order valence-electron chi connectivity index (χ0n) is 11.4. The molecule has 0 spiro atoms. The number of hydrazone groups is 1. The Balaban J connectivity index is 1.56. The van der Waals surface area contributed by atoms with Gasteiger partial charge in [0.2, 0.25) is 5.91 Å². The fraction of sp³-hybridized carbons (Fsp3) is 0.176. The Morgan fingerprint density at radius 1 is 1.14 bits per heavy atom. The molecule has 1 fully saturated rings. The van der Waals surface area contributed by atoms with Crippen LogP contribution in [0.4, 0.5) is 0 Å². The molecule has 0 heterocycles. The van der Waals surface area contributed by atoms with Crippen molar-refractivity contribution in [3.8, 4) is 0 Å². The predicted octanol–water partition coefficient (Wildman–Crippen LogP) is 3.59. The van der Waals surface area contributed by atoms with Crippen molar-refractivity contribution in [1.82, 2.24) is 5.43 Å². The Labute approximate surface area is 128 Å². The first-order valence-corrected chi connectivity index (χ1v) is 7.26. The van der Waals surface area contributed by atoms with E-state index in [1.54, 1.807) is 12.3 Å². The first kappa shape index (κ1) is 13.8. The van der Waals surface area contributed by atoms with Gasteiger partial charge in [0.15, 0.2) is 0 Å². The highest BCUT2D eigenvalue weighted by Gasteiger charge is 2.43. The Kier molecular flexibility index (Phi) is 4.02. The van der Waals surface area contributed by atoms with Crippen molar-refractivity contribution >= 4 is 23.7 Å². The number of carbonyl (C=O) groups is 1. The molecule has 1 aliphatic rings. The van der Waals surface area contributed by atoms with Gasteiger partial charge in [0, 0.05) is 16.5 Å². The summed E-state index contributed by atoms with van der Waals surface area (Å²) in [7, 11) is 0. The molecule has 0 aliphatic heterocycles. The highest BCUT2D eigenvalue weighted by molar-refractivity contribution is 6.33. The highest BCUT2D eigenvalue weighted by Crippen LogP contribution is 2.47. The lowest BCUT2D eigenvalue weighted by Gasteiger charge is -2.00. The van der Waals surface area contributed by atoms with E-state index in [2.05, 4.69) is 22.7 Å². The third-order valence-corrected chi connectivity index (χ3v) is 3.98. The quantitative estimate of drug-likeness (QED) is 0.680. The third-order valence-electron chi connectivity index (χ3n) is 3.64. The number of hydrogen-bond acceptors (Lipinski definition) is 2. The van der Waals surface area contributed by atoms with Crippen LogP contribution in [-0.2, 0) is 4.79 Å². The molecule has 0 bridgehead atoms. The van der Waals surface area contributed by atoms with Crippen LogP contribution in [0, 0.1) is 5.92 Å². The fourth-order valence-corrected chi connectivity index (χ4v) is 2.57. The molecular formula is C17H15ClN2O. The van der Waals surface area contributed by atoms with Crippen LogP contribution in [0.2, 0.25) is 5.02 Å². The number of nitrogens with one attached hydrogen (secondary N) is 1. The molecule has 2 atom stereocenters. The van der Waals surface area contributed by atoms with E-state index in [4.69, 9.17) is 11.6 Å². The van der Waals surface area contributed by atoms with E-state index in [0.717, 1.165) is 12.0 Å². The average Bonchev–Trinajstić information content (AvgIpc) is 3.31. The number of halogens is 1. The number of rotatable bonds is 4. The molecule has 1 N–H and O–H groups in total. The van der Waals surface area contributed by atoms with Gasteiger partial charge in [0.1, 0.15) is 0 Å². The van der Waals surface area contributed by atoms with Gasteiger partial charge in [-0.3, -0.25) is 4.79 Å². The van der Waals surface area contributed by atoms with Crippen molar-refractivity contribution in [2.45, 2.75) is 12.3 Å². The fourth-order valence-electron chi connectivity index (χ4n) is 2.38. The maximum Gasteiger partial charge on any atom is 0.243 e. The summed E-state index contributed by atoms with van der Waals surface area (Å²) in [5.41, 5.74) is 4.59. The van der Waals surface area contributed by atoms with Crippen molar-refractivity contribution in [1.29, 1.82) is 0 Å². The minimum Gasteiger partial charge on any atom is -0.273 e. The van der Waals surface area contributed by atoms with Gasteiger partial charge in [0.25, 0.3) is 0 Å². The molecule has 1 saturated carbocycles. The Hall–Kier alpha value is -2.13. The van der Waals surface area contributed by atoms with Crippen LogP contribution in [0.5, 0.6) is 0 Å². The molecule has 2 aromatic carbocycles. The summed E-state index contributed by atoms with van der Waals surface area (Å²) < 4.78 is 0. The van der Waals surface area contributed by atoms with Crippen molar-refractivity contribution in [2.24, 2.45) is 11.0 Å². The van der Waals surface area contributed by atoms with Gasteiger partial charge in [-0.1, -0.05) is 60.1 Å². The van der Waals surface area contributed by atoms with E-state index in [0.29, 0.717) is 10.9 Å². The second-order valence-electron chi connectivity index (χ2n) is 5.12. The van der Waals surface area contributed by atoms with Crippen LogP contribution in [-0.4, -0.2) is 12.1 Å². The van der Waals surface area contributed by atoms with E-state index in [9.17, 15) is 4.79 Å². The van der Waals surface area contributed by atoms with Crippen molar-refractivity contribution in [3.63, 3.8) is 0 Å². The molecule has 0 radical (unpaired) electrons. The average molecular weight is 299 g/mol. The summed E-state index contributed by atoms with van der Waals surface area (Å²) >= 11 is 6.01. The minimum absolute atomic E-state index is 0.0239. The second-order valence-corrected chi connectivity index (χ2v) is 5.52. The van der Waals surface area contributed by atoms with Gasteiger partial charge in [-0.2, -0.15) is 5.10 Å². The molecule has 0 saturated heterocycles. The summed E-state index contributed by atoms with van der Waals surface area (Å²) in [5.74, 6) is 0.310. The number of amides is 1. The van der Waals surface area contributed by atoms with E-state index in [-0.39, 0.29) is 11.8 Å². The first-order valence-electron chi connectivity index (χ1n) is 6.88. The molecule has 21 heavy (non-hydrogen) atoms. The summed E-state index contributed by atoms with van der Waals surface area (Å²) in [6.07, 6.45) is 2.46. The van der Waals surface area contributed by atoms with Crippen molar-refractivity contribution < 1.29 is 4.79 Å². The van der Waals surface area contributed by atoms with Gasteiger partial charge in [0.05, 0.1) is 6.21 Å². The van der Waals surface area contributed by atoms with E-state index < -0.39 is 0 Å². The van der Waals surface area contributed by atoms with E-state index in [1.807, 2.05) is 36.4 Å². The molecule has 0 unspecified atom stereocenters. The van der Waals surface area contributed by atoms with Crippen LogP contribution in [0.25, 0.3) is 0 Å². The van der Waals surface area contributed by atoms with Gasteiger partial charge >= 0.3 is 0 Å². The van der Waals surface area contributed by atoms with Crippen LogP contribution < -0.4 is 5.43 Å². The van der Waals surface area contributed by atoms with E-state index >= 15 is 0 Å². The monoisotopic (exact) mass is 298 g/mol. The predicted molar refractivity (Wildman–Crippen MR) is 84.5 cm³/mol. The van der Waals surface area contributed by atoms with Gasteiger partial charge < -0.3 is 0 Å². The lowest BCUT2D eigenvalue weighted by atomic mass is 10.1. The summed E-state index contributed by atoms with van der Waals surface area (Å²) in [6.45, 7) is 0. The maximum atomic E-state index is 12.0. The first-order chi connectivity index (χ1) is 10.3. The topological polar surface area (TPSA) is 41.5 Å². The number of nitrogens with zero attached hydrogens (tertiary/aromatic N) is 1. The number of hydrogen-bond donors (Lipinski definition) is 1. The standard InChI is InChI=1S/C17H15ClN2O/c18-16-9-5-4-8-13(16)11-19-20-17(21)15-10-14(15)12-6-2-1-3-7-12/h1-9,11,14-15H,10H2,(H,20,21)/t14-,15+/m1/s1. The van der Waals surface area contributed by atoms with Gasteiger partial charge in [-0.05, 0) is 24.0 Å². The molecule has 106 valence electrons. The summed E-state index contributed by atoms with van der Waals surface area (Å²) in [6, 6.07) is 17.5. The molecule has 2 aromatic rings. The van der Waals surface area contributed by atoms with Crippen LogP contribution in [0.1, 0.15) is 23.5 Å². The normalized spacial score (nSPS) is 20.4. The molecular weight excluding hydrogens is 284 g/mol. The largest absolute Gasteiger partial charge is 0.273 e. The van der Waals surface area contributed by atoms with Crippen molar-refractivity contribution in [2.75, 3.05) is 0 Å². The summed E-state index contributed by atoms with van der Waals surface area (Å²) in [4.78, 5) is 12.0. The minimum atomic E-state index is -0.0350. The van der Waals surface area contributed by atoms with E-state index in [1.165, 1.54) is 5.56 Å². The molecule has 3 rings (SSSR count). The Bertz CT molecular complexity index is 670. The van der Waals surface area contributed by atoms with Crippen LogP contribution >= 0.6 is 11.6 Å². The summed E-state index contributed by atoms with van der Waals surface area (Å²) in [5, 5.41) is 4.60. The third kappa shape index (κ3) is 3.31. The molecule has 0 aromatic heterocycles. The number of benzene rings is 2. The Morgan fingerprint density at radius 2 is 1.86 bits per heavy atom. The van der Waals surface area contributed by atoms with Crippen LogP contribution in [0.15, 0.2) is 59.7 Å². The van der Waals surface area contributed by atoms with Gasteiger partial charge in [-0.15, -0.1) is 0 Å². The zero-order valence-corrected chi connectivity index (χ0v) is 12.1. The molecule has 4 heteroatoms.